The van der Waals surface area contributed by atoms with Crippen molar-refractivity contribution in [1.82, 2.24) is 12.3 Å². The van der Waals surface area contributed by atoms with Gasteiger partial charge in [0.1, 0.15) is 0 Å². The molecule has 0 rings (SSSR count). The van der Waals surface area contributed by atoms with Crippen LogP contribution in [-0.4, -0.2) is 34.1 Å². The van der Waals surface area contributed by atoms with E-state index in [2.05, 4.69) is 0 Å². The van der Waals surface area contributed by atoms with Crippen LogP contribution in [0.25, 0.3) is 0 Å². The Morgan fingerprint density at radius 1 is 0.684 bits per heavy atom. The Morgan fingerprint density at radius 3 is 0.684 bits per heavy atom. The number of carbonyl (C=O) groups excluding carboxylic acids is 2. The number of hydrogen-bond donors (Lipinski definition) is 4. The summed E-state index contributed by atoms with van der Waals surface area (Å²) in [6, 6.07) is 0. The van der Waals surface area contributed by atoms with E-state index < -0.39 is 23.9 Å². The summed E-state index contributed by atoms with van der Waals surface area (Å²) in [5.74, 6) is -3.83. The molecule has 0 radical (unpaired) electrons. The molecule has 0 fully saturated rings. The van der Waals surface area contributed by atoms with Crippen molar-refractivity contribution in [3.05, 3.63) is 0 Å². The molecule has 0 saturated carbocycles. The number of carboxylic acid groups (broad SMARTS) is 4. The van der Waals surface area contributed by atoms with Crippen LogP contribution in [0.2, 0.25) is 0 Å². The Balaban J connectivity index is -0.0000000192. The van der Waals surface area contributed by atoms with Crippen molar-refractivity contribution < 1.29 is 59.1 Å². The topological polar surface area (TPSA) is 225 Å². The molecule has 0 heterocycles. The van der Waals surface area contributed by atoms with Gasteiger partial charge in [-0.2, -0.15) is 0 Å². The van der Waals surface area contributed by atoms with E-state index in [1.165, 1.54) is 0 Å². The predicted octanol–water partition coefficient (Wildman–Crippen LogP) is -1.98. The van der Waals surface area contributed by atoms with Crippen molar-refractivity contribution in [2.45, 2.75) is 27.7 Å². The molecule has 19 heavy (non-hydrogen) atoms. The molecule has 0 aromatic carbocycles. The molecule has 0 aliphatic rings. The van der Waals surface area contributed by atoms with E-state index in [1.807, 2.05) is 0 Å². The normalized spacial score (nSPS) is 5.26. The third-order valence-electron chi connectivity index (χ3n) is 0. The summed E-state index contributed by atoms with van der Waals surface area (Å²) in [6.45, 7) is 4.11. The summed E-state index contributed by atoms with van der Waals surface area (Å²) in [5.41, 5.74) is 0. The molecule has 0 aromatic heterocycles. The molecule has 0 bridgehead atoms. The second kappa shape index (κ2) is 36.0. The molecular weight excluding hydrogens is 317 g/mol. The van der Waals surface area contributed by atoms with E-state index in [1.54, 1.807) is 0 Å². The summed E-state index contributed by atoms with van der Waals surface area (Å²) in [5, 5.41) is 32.6. The van der Waals surface area contributed by atoms with Crippen LogP contribution >= 0.6 is 0 Å². The third-order valence-corrected chi connectivity index (χ3v) is 0. The molecule has 10 nitrogen and oxygen atoms in total. The largest absolute Gasteiger partial charge is 2.00 e. The Hall–Kier alpha value is -1.58. The van der Waals surface area contributed by atoms with Crippen LogP contribution in [0.15, 0.2) is 0 Å². The summed E-state index contributed by atoms with van der Waals surface area (Å²) in [7, 11) is 0. The second-order valence-electron chi connectivity index (χ2n) is 2.02. The molecule has 0 spiro atoms. The first kappa shape index (κ1) is 43.3. The van der Waals surface area contributed by atoms with Crippen molar-refractivity contribution in [1.29, 1.82) is 0 Å². The van der Waals surface area contributed by atoms with Crippen LogP contribution in [0.3, 0.4) is 0 Å². The minimum atomic E-state index is -1.08. The number of hydrogen-bond acceptors (Lipinski definition) is 8. The van der Waals surface area contributed by atoms with E-state index in [0.29, 0.717) is 0 Å². The Bertz CT molecular complexity index is 171. The fourth-order valence-corrected chi connectivity index (χ4v) is 0. The van der Waals surface area contributed by atoms with Gasteiger partial charge in [-0.05, 0) is 13.8 Å². The zero-order valence-electron chi connectivity index (χ0n) is 11.5. The Kier molecular flexibility index (Phi) is 81.9. The molecule has 0 aliphatic heterocycles. The minimum Gasteiger partial charge on any atom is -0.550 e. The van der Waals surface area contributed by atoms with Gasteiger partial charge in [-0.15, -0.1) is 0 Å². The van der Waals surface area contributed by atoms with Crippen molar-refractivity contribution in [2.75, 3.05) is 0 Å². The molecular formula is C8H20N2O8Zn. The summed E-state index contributed by atoms with van der Waals surface area (Å²) in [6.07, 6.45) is 0. The van der Waals surface area contributed by atoms with Crippen molar-refractivity contribution >= 4 is 23.9 Å². The second-order valence-corrected chi connectivity index (χ2v) is 2.02. The number of carbonyl (C=O) groups is 4. The van der Waals surface area contributed by atoms with Gasteiger partial charge in [-0.3, -0.25) is 9.59 Å². The maximum absolute atomic E-state index is 9.00. The first-order valence-electron chi connectivity index (χ1n) is 3.67. The zero-order chi connectivity index (χ0) is 14.3. The molecule has 0 atom stereocenters. The van der Waals surface area contributed by atoms with Crippen molar-refractivity contribution in [3.8, 4) is 0 Å². The zero-order valence-corrected chi connectivity index (χ0v) is 14.4. The SMILES string of the molecule is CC(=O)O.CC(=O)O.CC(=O)[O-].CC(=O)[O-].N.N.[Zn+2]. The minimum absolute atomic E-state index is 0. The average molecular weight is 338 g/mol. The van der Waals surface area contributed by atoms with Crippen molar-refractivity contribution in [2.24, 2.45) is 0 Å². The van der Waals surface area contributed by atoms with Crippen LogP contribution in [0, 0.1) is 0 Å². The summed E-state index contributed by atoms with van der Waals surface area (Å²) < 4.78 is 0. The molecule has 112 valence electrons. The van der Waals surface area contributed by atoms with E-state index in [9.17, 15) is 0 Å². The number of carboxylic acids is 4. The maximum Gasteiger partial charge on any atom is 2.00 e. The number of rotatable bonds is 0. The molecule has 8 N–H and O–H groups in total. The third kappa shape index (κ3) is 1370. The van der Waals surface area contributed by atoms with Crippen LogP contribution < -0.4 is 22.5 Å². The first-order chi connectivity index (χ1) is 6.93. The average Bonchev–Trinajstić information content (AvgIpc) is 1.76. The number of aliphatic carboxylic acids is 4. The quantitative estimate of drug-likeness (QED) is 0.356. The first-order valence-corrected chi connectivity index (χ1v) is 3.67. The molecule has 0 amide bonds. The van der Waals surface area contributed by atoms with E-state index in [4.69, 9.17) is 39.6 Å². The molecule has 0 aliphatic carbocycles. The van der Waals surface area contributed by atoms with E-state index in [-0.39, 0.29) is 31.8 Å². The van der Waals surface area contributed by atoms with Crippen molar-refractivity contribution in [3.63, 3.8) is 0 Å². The standard InChI is InChI=1S/4C2H4O2.2H3N.Zn/c4*1-2(3)4;;;/h4*1H3,(H,3,4);2*1H3;/q;;;;;;+2/p-2. The molecule has 0 unspecified atom stereocenters. The molecule has 0 saturated heterocycles. The van der Waals surface area contributed by atoms with Gasteiger partial charge in [-0.25, -0.2) is 0 Å². The van der Waals surface area contributed by atoms with Crippen LogP contribution in [0.1, 0.15) is 27.7 Å². The smallest absolute Gasteiger partial charge is 0.550 e. The fraction of sp³-hybridized carbons (Fsp3) is 0.500. The van der Waals surface area contributed by atoms with Gasteiger partial charge in [0.2, 0.25) is 0 Å². The van der Waals surface area contributed by atoms with Crippen LogP contribution in [0.4, 0.5) is 0 Å². The fourth-order valence-electron chi connectivity index (χ4n) is 0. The molecule has 11 heteroatoms. The van der Waals surface area contributed by atoms with Gasteiger partial charge < -0.3 is 42.3 Å². The predicted molar refractivity (Wildman–Crippen MR) is 58.0 cm³/mol. The monoisotopic (exact) mass is 336 g/mol. The van der Waals surface area contributed by atoms with Gasteiger partial charge in [0.05, 0.1) is 0 Å². The Morgan fingerprint density at radius 2 is 0.684 bits per heavy atom. The summed E-state index contributed by atoms with van der Waals surface area (Å²) >= 11 is 0. The van der Waals surface area contributed by atoms with Crippen LogP contribution in [0.5, 0.6) is 0 Å². The van der Waals surface area contributed by atoms with Crippen LogP contribution in [-0.2, 0) is 38.7 Å². The van der Waals surface area contributed by atoms with Gasteiger partial charge >= 0.3 is 19.5 Å². The van der Waals surface area contributed by atoms with Gasteiger partial charge in [0.15, 0.2) is 0 Å². The summed E-state index contributed by atoms with van der Waals surface area (Å²) in [4.78, 5) is 35.8. The van der Waals surface area contributed by atoms with Gasteiger partial charge in [0, 0.05) is 25.8 Å². The van der Waals surface area contributed by atoms with E-state index in [0.717, 1.165) is 27.7 Å². The molecule has 0 aromatic rings. The Labute approximate surface area is 123 Å². The maximum atomic E-state index is 9.00. The van der Waals surface area contributed by atoms with Gasteiger partial charge in [-0.1, -0.05) is 0 Å². The van der Waals surface area contributed by atoms with E-state index >= 15 is 0 Å². The van der Waals surface area contributed by atoms with Gasteiger partial charge in [0.25, 0.3) is 11.9 Å².